The first kappa shape index (κ1) is 16.0. The number of aliphatic hydroxyl groups excluding tert-OH is 6. The molecule has 0 aliphatic carbocycles. The SMILES string of the molecule is C[C@@H]1O[C@H](O[C@H]2[C@@H](O)[C@@H](O)OC[C@H]2O)[C@H](O)[C@H](O)[C@H]1O. The van der Waals surface area contributed by atoms with E-state index in [2.05, 4.69) is 0 Å². The summed E-state index contributed by atoms with van der Waals surface area (Å²) in [6, 6.07) is 0. The molecule has 9 nitrogen and oxygen atoms in total. The molecule has 0 bridgehead atoms. The highest BCUT2D eigenvalue weighted by Crippen LogP contribution is 2.26. The molecule has 2 aliphatic heterocycles. The van der Waals surface area contributed by atoms with Gasteiger partial charge in [0.05, 0.1) is 12.7 Å². The Hall–Kier alpha value is -0.360. The molecule has 0 aromatic rings. The van der Waals surface area contributed by atoms with Crippen LogP contribution in [-0.2, 0) is 14.2 Å². The van der Waals surface area contributed by atoms with Crippen LogP contribution in [-0.4, -0.2) is 92.6 Å². The second-order valence-electron chi connectivity index (χ2n) is 5.06. The van der Waals surface area contributed by atoms with E-state index in [0.29, 0.717) is 0 Å². The summed E-state index contributed by atoms with van der Waals surface area (Å²) in [6.07, 6.45) is -12.0. The lowest BCUT2D eigenvalue weighted by atomic mass is 9.99. The highest BCUT2D eigenvalue weighted by Gasteiger charge is 2.47. The summed E-state index contributed by atoms with van der Waals surface area (Å²) in [5.41, 5.74) is 0. The average Bonchev–Trinajstić information content (AvgIpc) is 2.42. The molecule has 0 spiro atoms. The maximum absolute atomic E-state index is 9.78. The molecular weight excluding hydrogens is 276 g/mol. The molecule has 2 rings (SSSR count). The molecule has 118 valence electrons. The van der Waals surface area contributed by atoms with E-state index in [1.54, 1.807) is 0 Å². The van der Waals surface area contributed by atoms with Gasteiger partial charge in [0.15, 0.2) is 12.6 Å². The highest BCUT2D eigenvalue weighted by molar-refractivity contribution is 4.90. The zero-order chi connectivity index (χ0) is 15.0. The molecule has 0 unspecified atom stereocenters. The second-order valence-corrected chi connectivity index (χ2v) is 5.06. The molecule has 0 radical (unpaired) electrons. The number of aliphatic hydroxyl groups is 6. The van der Waals surface area contributed by atoms with Gasteiger partial charge in [0.2, 0.25) is 0 Å². The largest absolute Gasteiger partial charge is 0.388 e. The monoisotopic (exact) mass is 296 g/mol. The Morgan fingerprint density at radius 2 is 1.55 bits per heavy atom. The second kappa shape index (κ2) is 6.18. The van der Waals surface area contributed by atoms with Crippen molar-refractivity contribution in [1.29, 1.82) is 0 Å². The predicted molar refractivity (Wildman–Crippen MR) is 61.2 cm³/mol. The Bertz CT molecular complexity index is 327. The quantitative estimate of drug-likeness (QED) is 0.302. The van der Waals surface area contributed by atoms with E-state index in [1.165, 1.54) is 6.92 Å². The minimum absolute atomic E-state index is 0.257. The van der Waals surface area contributed by atoms with Crippen molar-refractivity contribution in [3.63, 3.8) is 0 Å². The summed E-state index contributed by atoms with van der Waals surface area (Å²) >= 11 is 0. The Kier molecular flexibility index (Phi) is 4.95. The van der Waals surface area contributed by atoms with E-state index in [0.717, 1.165) is 0 Å². The van der Waals surface area contributed by atoms with Crippen molar-refractivity contribution in [1.82, 2.24) is 0 Å². The summed E-state index contributed by atoms with van der Waals surface area (Å²) in [5, 5.41) is 57.7. The molecule has 9 atom stereocenters. The third kappa shape index (κ3) is 2.96. The first-order chi connectivity index (χ1) is 9.32. The number of ether oxygens (including phenoxy) is 3. The van der Waals surface area contributed by atoms with Gasteiger partial charge >= 0.3 is 0 Å². The maximum atomic E-state index is 9.78. The molecule has 2 fully saturated rings. The van der Waals surface area contributed by atoms with Crippen LogP contribution in [0.2, 0.25) is 0 Å². The zero-order valence-corrected chi connectivity index (χ0v) is 10.8. The van der Waals surface area contributed by atoms with Crippen molar-refractivity contribution in [2.24, 2.45) is 0 Å². The van der Waals surface area contributed by atoms with Crippen molar-refractivity contribution in [2.45, 2.75) is 62.2 Å². The molecule has 2 aliphatic rings. The Balaban J connectivity index is 2.04. The third-order valence-electron chi connectivity index (χ3n) is 3.55. The van der Waals surface area contributed by atoms with Crippen LogP contribution in [0.3, 0.4) is 0 Å². The lowest BCUT2D eigenvalue weighted by molar-refractivity contribution is -0.341. The average molecular weight is 296 g/mol. The van der Waals surface area contributed by atoms with Gasteiger partial charge in [-0.25, -0.2) is 0 Å². The van der Waals surface area contributed by atoms with Gasteiger partial charge in [-0.3, -0.25) is 0 Å². The minimum atomic E-state index is -1.56. The number of hydrogen-bond acceptors (Lipinski definition) is 9. The third-order valence-corrected chi connectivity index (χ3v) is 3.55. The van der Waals surface area contributed by atoms with Crippen LogP contribution in [0.4, 0.5) is 0 Å². The summed E-state index contributed by atoms with van der Waals surface area (Å²) in [6.45, 7) is 1.22. The molecule has 9 heteroatoms. The van der Waals surface area contributed by atoms with Gasteiger partial charge in [-0.15, -0.1) is 0 Å². The lowest BCUT2D eigenvalue weighted by Crippen LogP contribution is -2.61. The Morgan fingerprint density at radius 1 is 0.900 bits per heavy atom. The standard InChI is InChI=1S/C11H20O9/c1-3-5(13)6(14)7(15)11(19-3)20-9-4(12)2-18-10(17)8(9)16/h3-17H,2H2,1H3/t3-,4+,5-,6+,7+,8+,9+,10-,11+/m0/s1. The molecule has 20 heavy (non-hydrogen) atoms. The number of hydrogen-bond donors (Lipinski definition) is 6. The van der Waals surface area contributed by atoms with Gasteiger partial charge in [-0.2, -0.15) is 0 Å². The molecule has 0 aromatic carbocycles. The van der Waals surface area contributed by atoms with Gasteiger partial charge in [-0.1, -0.05) is 0 Å². The van der Waals surface area contributed by atoms with Crippen LogP contribution >= 0.6 is 0 Å². The van der Waals surface area contributed by atoms with Crippen molar-refractivity contribution in [3.05, 3.63) is 0 Å². The Morgan fingerprint density at radius 3 is 2.20 bits per heavy atom. The van der Waals surface area contributed by atoms with Gasteiger partial charge in [0, 0.05) is 0 Å². The van der Waals surface area contributed by atoms with E-state index in [1.807, 2.05) is 0 Å². The van der Waals surface area contributed by atoms with Crippen LogP contribution in [0.5, 0.6) is 0 Å². The van der Waals surface area contributed by atoms with E-state index in [4.69, 9.17) is 14.2 Å². The number of rotatable bonds is 2. The van der Waals surface area contributed by atoms with Crippen molar-refractivity contribution in [2.75, 3.05) is 6.61 Å². The lowest BCUT2D eigenvalue weighted by Gasteiger charge is -2.43. The topological polar surface area (TPSA) is 149 Å². The van der Waals surface area contributed by atoms with E-state index in [9.17, 15) is 30.6 Å². The molecule has 2 heterocycles. The van der Waals surface area contributed by atoms with Crippen LogP contribution < -0.4 is 0 Å². The van der Waals surface area contributed by atoms with Crippen LogP contribution in [0.15, 0.2) is 0 Å². The van der Waals surface area contributed by atoms with Crippen molar-refractivity contribution in [3.8, 4) is 0 Å². The van der Waals surface area contributed by atoms with Crippen LogP contribution in [0, 0.1) is 0 Å². The molecule has 0 saturated carbocycles. The summed E-state index contributed by atoms with van der Waals surface area (Å²) in [7, 11) is 0. The first-order valence-corrected chi connectivity index (χ1v) is 6.34. The smallest absolute Gasteiger partial charge is 0.187 e. The minimum Gasteiger partial charge on any atom is -0.388 e. The van der Waals surface area contributed by atoms with Crippen LogP contribution in [0.1, 0.15) is 6.92 Å². The first-order valence-electron chi connectivity index (χ1n) is 6.34. The summed E-state index contributed by atoms with van der Waals surface area (Å²) < 4.78 is 15.1. The highest BCUT2D eigenvalue weighted by atomic mass is 16.7. The summed E-state index contributed by atoms with van der Waals surface area (Å²) in [4.78, 5) is 0. The van der Waals surface area contributed by atoms with Crippen LogP contribution in [0.25, 0.3) is 0 Å². The van der Waals surface area contributed by atoms with Gasteiger partial charge in [0.1, 0.15) is 36.6 Å². The fraction of sp³-hybridized carbons (Fsp3) is 1.00. The fourth-order valence-corrected chi connectivity index (χ4v) is 2.23. The van der Waals surface area contributed by atoms with E-state index < -0.39 is 55.3 Å². The normalized spacial score (nSPS) is 53.9. The fourth-order valence-electron chi connectivity index (χ4n) is 2.23. The Labute approximate surface area is 114 Å². The van der Waals surface area contributed by atoms with Crippen molar-refractivity contribution >= 4 is 0 Å². The van der Waals surface area contributed by atoms with E-state index >= 15 is 0 Å². The molecule has 0 amide bonds. The predicted octanol–water partition coefficient (Wildman–Crippen LogP) is -3.73. The molecule has 2 saturated heterocycles. The molecule has 0 aromatic heterocycles. The van der Waals surface area contributed by atoms with Gasteiger partial charge in [0.25, 0.3) is 0 Å². The van der Waals surface area contributed by atoms with Crippen molar-refractivity contribution < 1.29 is 44.8 Å². The molecular formula is C11H20O9. The zero-order valence-electron chi connectivity index (χ0n) is 10.8. The summed E-state index contributed by atoms with van der Waals surface area (Å²) in [5.74, 6) is 0. The van der Waals surface area contributed by atoms with Gasteiger partial charge < -0.3 is 44.8 Å². The van der Waals surface area contributed by atoms with E-state index in [-0.39, 0.29) is 6.61 Å². The maximum Gasteiger partial charge on any atom is 0.187 e. The molecule has 6 N–H and O–H groups in total. The van der Waals surface area contributed by atoms with Gasteiger partial charge in [-0.05, 0) is 6.92 Å².